The molecule has 0 fully saturated rings. The molecule has 98 valence electrons. The van der Waals surface area contributed by atoms with Crippen molar-refractivity contribution in [3.05, 3.63) is 53.2 Å². The molecule has 19 heavy (non-hydrogen) atoms. The molecule has 1 aromatic heterocycles. The highest BCUT2D eigenvalue weighted by Crippen LogP contribution is 2.21. The average Bonchev–Trinajstić information content (AvgIpc) is 2.35. The Morgan fingerprint density at radius 2 is 1.95 bits per heavy atom. The fourth-order valence-electron chi connectivity index (χ4n) is 1.88. The molecule has 0 spiro atoms. The van der Waals surface area contributed by atoms with Gasteiger partial charge in [-0.1, -0.05) is 24.3 Å². The first-order valence-electron chi connectivity index (χ1n) is 6.07. The molecule has 3 nitrogen and oxygen atoms in total. The first kappa shape index (κ1) is 14.1. The van der Waals surface area contributed by atoms with E-state index < -0.39 is 7.12 Å². The lowest BCUT2D eigenvalue weighted by molar-refractivity contribution is 0.425. The highest BCUT2D eigenvalue weighted by atomic mass is 32.2. The maximum absolute atomic E-state index is 9.14. The van der Waals surface area contributed by atoms with Gasteiger partial charge in [-0.15, -0.1) is 11.8 Å². The maximum atomic E-state index is 9.14. The zero-order chi connectivity index (χ0) is 13.8. The van der Waals surface area contributed by atoms with Crippen molar-refractivity contribution in [2.75, 3.05) is 0 Å². The Labute approximate surface area is 117 Å². The topological polar surface area (TPSA) is 53.4 Å². The molecule has 0 saturated heterocycles. The van der Waals surface area contributed by atoms with Gasteiger partial charge in [0.15, 0.2) is 0 Å². The molecular formula is C14H16BNO2S. The van der Waals surface area contributed by atoms with Gasteiger partial charge in [0.25, 0.3) is 0 Å². The number of aryl methyl sites for hydroxylation is 2. The third-order valence-electron chi connectivity index (χ3n) is 2.71. The van der Waals surface area contributed by atoms with Crippen LogP contribution in [0, 0.1) is 13.8 Å². The van der Waals surface area contributed by atoms with Crippen LogP contribution in [0.25, 0.3) is 0 Å². The molecule has 2 aromatic rings. The predicted octanol–water partition coefficient (Wildman–Crippen LogP) is 1.67. The van der Waals surface area contributed by atoms with Crippen molar-refractivity contribution < 1.29 is 10.0 Å². The quantitative estimate of drug-likeness (QED) is 0.657. The van der Waals surface area contributed by atoms with Gasteiger partial charge in [0.2, 0.25) is 0 Å². The SMILES string of the molecule is Cc1cc(C)nc(SCc2cccc(B(O)O)c2)c1. The van der Waals surface area contributed by atoms with E-state index in [1.54, 1.807) is 23.9 Å². The van der Waals surface area contributed by atoms with Crippen LogP contribution in [0.15, 0.2) is 41.4 Å². The number of hydrogen-bond donors (Lipinski definition) is 2. The van der Waals surface area contributed by atoms with Gasteiger partial charge in [-0.25, -0.2) is 4.98 Å². The minimum atomic E-state index is -1.41. The van der Waals surface area contributed by atoms with E-state index in [9.17, 15) is 0 Å². The van der Waals surface area contributed by atoms with E-state index in [4.69, 9.17) is 10.0 Å². The van der Waals surface area contributed by atoms with Crippen LogP contribution in [0.2, 0.25) is 0 Å². The van der Waals surface area contributed by atoms with Crippen LogP contribution in [0.3, 0.4) is 0 Å². The number of benzene rings is 1. The molecule has 0 saturated carbocycles. The zero-order valence-electron chi connectivity index (χ0n) is 11.0. The van der Waals surface area contributed by atoms with Crippen molar-refractivity contribution in [1.29, 1.82) is 0 Å². The highest BCUT2D eigenvalue weighted by Gasteiger charge is 2.10. The summed E-state index contributed by atoms with van der Waals surface area (Å²) >= 11 is 1.65. The number of aromatic nitrogens is 1. The summed E-state index contributed by atoms with van der Waals surface area (Å²) in [6.07, 6.45) is 0. The van der Waals surface area contributed by atoms with Gasteiger partial charge in [0, 0.05) is 11.4 Å². The summed E-state index contributed by atoms with van der Waals surface area (Å²) in [5.74, 6) is 0.760. The van der Waals surface area contributed by atoms with Gasteiger partial charge in [-0.3, -0.25) is 0 Å². The lowest BCUT2D eigenvalue weighted by atomic mass is 9.80. The summed E-state index contributed by atoms with van der Waals surface area (Å²) in [4.78, 5) is 4.47. The molecule has 0 unspecified atom stereocenters. The van der Waals surface area contributed by atoms with E-state index >= 15 is 0 Å². The van der Waals surface area contributed by atoms with Crippen molar-refractivity contribution in [2.45, 2.75) is 24.6 Å². The molecule has 0 bridgehead atoms. The number of rotatable bonds is 4. The Balaban J connectivity index is 2.07. The summed E-state index contributed by atoms with van der Waals surface area (Å²) in [5.41, 5.74) is 3.79. The lowest BCUT2D eigenvalue weighted by Gasteiger charge is -2.06. The molecular weight excluding hydrogens is 257 g/mol. The Morgan fingerprint density at radius 1 is 1.16 bits per heavy atom. The van der Waals surface area contributed by atoms with Crippen LogP contribution in [-0.4, -0.2) is 22.2 Å². The number of thioether (sulfide) groups is 1. The first-order chi connectivity index (χ1) is 9.04. The van der Waals surface area contributed by atoms with E-state index in [-0.39, 0.29) is 0 Å². The molecule has 0 aliphatic rings. The zero-order valence-corrected chi connectivity index (χ0v) is 11.8. The second-order valence-corrected chi connectivity index (χ2v) is 5.53. The van der Waals surface area contributed by atoms with E-state index in [1.165, 1.54) is 5.56 Å². The summed E-state index contributed by atoms with van der Waals surface area (Å²) in [6, 6.07) is 11.4. The normalized spacial score (nSPS) is 10.5. The number of nitrogens with zero attached hydrogens (tertiary/aromatic N) is 1. The van der Waals surface area contributed by atoms with Crippen LogP contribution >= 0.6 is 11.8 Å². The largest absolute Gasteiger partial charge is 0.488 e. The first-order valence-corrected chi connectivity index (χ1v) is 7.06. The number of hydrogen-bond acceptors (Lipinski definition) is 4. The van der Waals surface area contributed by atoms with Gasteiger partial charge < -0.3 is 10.0 Å². The fraction of sp³-hybridized carbons (Fsp3) is 0.214. The number of pyridine rings is 1. The van der Waals surface area contributed by atoms with Gasteiger partial charge in [-0.2, -0.15) is 0 Å². The van der Waals surface area contributed by atoms with Crippen LogP contribution in [-0.2, 0) is 5.75 Å². The molecule has 0 radical (unpaired) electrons. The van der Waals surface area contributed by atoms with Gasteiger partial charge in [0.1, 0.15) is 0 Å². The van der Waals surface area contributed by atoms with Crippen LogP contribution < -0.4 is 5.46 Å². The molecule has 0 aliphatic carbocycles. The second kappa shape index (κ2) is 6.24. The second-order valence-electron chi connectivity index (χ2n) is 4.53. The van der Waals surface area contributed by atoms with Gasteiger partial charge in [-0.05, 0) is 42.6 Å². The predicted molar refractivity (Wildman–Crippen MR) is 79.5 cm³/mol. The molecule has 0 aliphatic heterocycles. The third-order valence-corrected chi connectivity index (χ3v) is 3.69. The van der Waals surface area contributed by atoms with E-state index in [0.717, 1.165) is 22.0 Å². The van der Waals surface area contributed by atoms with Crippen LogP contribution in [0.4, 0.5) is 0 Å². The Bertz CT molecular complexity index is 555. The molecule has 0 amide bonds. The summed E-state index contributed by atoms with van der Waals surface area (Å²) in [7, 11) is -1.41. The standard InChI is InChI=1S/C14H16BNO2S/c1-10-6-11(2)16-14(7-10)19-9-12-4-3-5-13(8-12)15(17)18/h3-8,17-18H,9H2,1-2H3. The van der Waals surface area contributed by atoms with Gasteiger partial charge in [0.05, 0.1) is 5.03 Å². The highest BCUT2D eigenvalue weighted by molar-refractivity contribution is 7.98. The smallest absolute Gasteiger partial charge is 0.423 e. The van der Waals surface area contributed by atoms with Crippen LogP contribution in [0.1, 0.15) is 16.8 Å². The summed E-state index contributed by atoms with van der Waals surface area (Å²) < 4.78 is 0. The Kier molecular flexibility index (Phi) is 4.63. The van der Waals surface area contributed by atoms with E-state index in [0.29, 0.717) is 5.46 Å². The minimum absolute atomic E-state index is 0.520. The molecule has 5 heteroatoms. The Morgan fingerprint density at radius 3 is 2.63 bits per heavy atom. The molecule has 1 aromatic carbocycles. The lowest BCUT2D eigenvalue weighted by Crippen LogP contribution is -2.29. The molecule has 1 heterocycles. The van der Waals surface area contributed by atoms with Crippen molar-refractivity contribution in [3.8, 4) is 0 Å². The van der Waals surface area contributed by atoms with E-state index in [2.05, 4.69) is 18.0 Å². The van der Waals surface area contributed by atoms with Crippen molar-refractivity contribution >= 4 is 24.3 Å². The molecule has 0 atom stereocenters. The fourth-order valence-corrected chi connectivity index (χ4v) is 2.85. The maximum Gasteiger partial charge on any atom is 0.488 e. The average molecular weight is 273 g/mol. The van der Waals surface area contributed by atoms with E-state index in [1.807, 2.05) is 25.1 Å². The summed E-state index contributed by atoms with van der Waals surface area (Å²) in [6.45, 7) is 4.04. The third kappa shape index (κ3) is 4.09. The monoisotopic (exact) mass is 273 g/mol. The molecule has 2 N–H and O–H groups in total. The van der Waals surface area contributed by atoms with Crippen molar-refractivity contribution in [1.82, 2.24) is 4.98 Å². The molecule has 2 rings (SSSR count). The summed E-state index contributed by atoms with van der Waals surface area (Å²) in [5, 5.41) is 19.3. The van der Waals surface area contributed by atoms with Crippen molar-refractivity contribution in [3.63, 3.8) is 0 Å². The Hall–Kier alpha value is -1.30. The van der Waals surface area contributed by atoms with Crippen molar-refractivity contribution in [2.24, 2.45) is 0 Å². The minimum Gasteiger partial charge on any atom is -0.423 e. The van der Waals surface area contributed by atoms with Gasteiger partial charge >= 0.3 is 7.12 Å². The van der Waals surface area contributed by atoms with Crippen LogP contribution in [0.5, 0.6) is 0 Å².